The van der Waals surface area contributed by atoms with Gasteiger partial charge in [0.25, 0.3) is 11.1 Å². The van der Waals surface area contributed by atoms with Gasteiger partial charge in [0.1, 0.15) is 6.61 Å². The van der Waals surface area contributed by atoms with Crippen LogP contribution in [0.5, 0.6) is 11.5 Å². The van der Waals surface area contributed by atoms with E-state index in [1.807, 2.05) is 49.4 Å². The average Bonchev–Trinajstić information content (AvgIpc) is 3.20. The van der Waals surface area contributed by atoms with Crippen molar-refractivity contribution in [3.8, 4) is 11.5 Å². The molecule has 1 fully saturated rings. The van der Waals surface area contributed by atoms with Crippen LogP contribution in [0.2, 0.25) is 0 Å². The Bertz CT molecular complexity index is 1540. The Morgan fingerprint density at radius 2 is 1.64 bits per heavy atom. The van der Waals surface area contributed by atoms with Crippen molar-refractivity contribution in [3.05, 3.63) is 111 Å². The summed E-state index contributed by atoms with van der Waals surface area (Å²) in [5.74, 6) is 0.904. The van der Waals surface area contributed by atoms with Crippen molar-refractivity contribution in [2.24, 2.45) is 0 Å². The smallest absolute Gasteiger partial charge is 0.293 e. The Morgan fingerprint density at radius 1 is 0.872 bits per heavy atom. The SMILES string of the molecule is CCOc1cc(/C=C2/SC(=O)N(CCCc3ccccc3)C2=O)cc(Br)c1OCc1ccc2ccccc2c1. The number of amides is 2. The Kier molecular flexibility index (Phi) is 8.69. The van der Waals surface area contributed by atoms with Crippen molar-refractivity contribution < 1.29 is 19.1 Å². The third-order valence-electron chi connectivity index (χ3n) is 6.39. The minimum absolute atomic E-state index is 0.237. The van der Waals surface area contributed by atoms with Crippen LogP contribution < -0.4 is 9.47 Å². The van der Waals surface area contributed by atoms with Crippen LogP contribution in [0.1, 0.15) is 30.0 Å². The predicted octanol–water partition coefficient (Wildman–Crippen LogP) is 8.25. The Labute approximate surface area is 240 Å². The molecule has 0 N–H and O–H groups in total. The summed E-state index contributed by atoms with van der Waals surface area (Å²) in [6, 6.07) is 28.3. The highest BCUT2D eigenvalue weighted by atomic mass is 79.9. The third kappa shape index (κ3) is 6.54. The maximum absolute atomic E-state index is 13.0. The molecule has 0 aliphatic carbocycles. The van der Waals surface area contributed by atoms with E-state index in [1.54, 1.807) is 6.08 Å². The molecule has 1 heterocycles. The lowest BCUT2D eigenvalue weighted by Crippen LogP contribution is -2.29. The summed E-state index contributed by atoms with van der Waals surface area (Å²) in [6.45, 7) is 3.14. The molecular formula is C32H28BrNO4S. The van der Waals surface area contributed by atoms with Crippen molar-refractivity contribution in [2.45, 2.75) is 26.4 Å². The van der Waals surface area contributed by atoms with Crippen LogP contribution in [0.15, 0.2) is 94.3 Å². The number of halogens is 1. The maximum atomic E-state index is 13.0. The third-order valence-corrected chi connectivity index (χ3v) is 7.89. The molecule has 0 atom stereocenters. The lowest BCUT2D eigenvalue weighted by atomic mass is 10.1. The number of hydrogen-bond acceptors (Lipinski definition) is 5. The van der Waals surface area contributed by atoms with Crippen LogP contribution in [0.4, 0.5) is 4.79 Å². The first-order chi connectivity index (χ1) is 19.0. The molecule has 1 aliphatic heterocycles. The predicted molar refractivity (Wildman–Crippen MR) is 161 cm³/mol. The van der Waals surface area contributed by atoms with Gasteiger partial charge < -0.3 is 9.47 Å². The first-order valence-corrected chi connectivity index (χ1v) is 14.5. The van der Waals surface area contributed by atoms with Gasteiger partial charge in [-0.1, -0.05) is 66.7 Å². The molecule has 1 saturated heterocycles. The van der Waals surface area contributed by atoms with Gasteiger partial charge in [-0.2, -0.15) is 0 Å². The molecule has 0 bridgehead atoms. The van der Waals surface area contributed by atoms with Gasteiger partial charge in [0.2, 0.25) is 0 Å². The van der Waals surface area contributed by atoms with Crippen LogP contribution in [0, 0.1) is 0 Å². The number of imide groups is 1. The highest BCUT2D eigenvalue weighted by Crippen LogP contribution is 2.40. The molecule has 5 nitrogen and oxygen atoms in total. The van der Waals surface area contributed by atoms with Gasteiger partial charge in [-0.15, -0.1) is 0 Å². The molecule has 198 valence electrons. The van der Waals surface area contributed by atoms with Gasteiger partial charge >= 0.3 is 0 Å². The van der Waals surface area contributed by atoms with E-state index >= 15 is 0 Å². The zero-order valence-electron chi connectivity index (χ0n) is 21.6. The number of ether oxygens (including phenoxy) is 2. The zero-order chi connectivity index (χ0) is 27.2. The molecule has 0 radical (unpaired) electrons. The molecule has 7 heteroatoms. The Hall–Kier alpha value is -3.55. The first-order valence-electron chi connectivity index (χ1n) is 12.9. The molecule has 1 aliphatic rings. The number of carbonyl (C=O) groups is 2. The van der Waals surface area contributed by atoms with E-state index in [-0.39, 0.29) is 11.1 Å². The summed E-state index contributed by atoms with van der Waals surface area (Å²) in [4.78, 5) is 27.4. The lowest BCUT2D eigenvalue weighted by molar-refractivity contribution is -0.122. The highest BCUT2D eigenvalue weighted by molar-refractivity contribution is 9.10. The summed E-state index contributed by atoms with van der Waals surface area (Å²) in [7, 11) is 0. The summed E-state index contributed by atoms with van der Waals surface area (Å²) in [5.41, 5.74) is 2.99. The van der Waals surface area contributed by atoms with Crippen LogP contribution in [0.3, 0.4) is 0 Å². The number of aryl methyl sites for hydroxylation is 1. The summed E-state index contributed by atoms with van der Waals surface area (Å²) in [5, 5.41) is 2.10. The molecule has 0 saturated carbocycles. The molecule has 4 aromatic rings. The highest BCUT2D eigenvalue weighted by Gasteiger charge is 2.34. The minimum atomic E-state index is -0.260. The molecule has 0 unspecified atom stereocenters. The van der Waals surface area contributed by atoms with Crippen LogP contribution in [-0.2, 0) is 17.8 Å². The van der Waals surface area contributed by atoms with Crippen molar-refractivity contribution in [1.82, 2.24) is 4.90 Å². The first kappa shape index (κ1) is 27.0. The van der Waals surface area contributed by atoms with Gasteiger partial charge in [0, 0.05) is 6.54 Å². The van der Waals surface area contributed by atoms with Crippen LogP contribution >= 0.6 is 27.7 Å². The second-order valence-corrected chi connectivity index (χ2v) is 11.0. The minimum Gasteiger partial charge on any atom is -0.490 e. The molecule has 5 rings (SSSR count). The molecular weight excluding hydrogens is 574 g/mol. The fraction of sp³-hybridized carbons (Fsp3) is 0.188. The van der Waals surface area contributed by atoms with E-state index < -0.39 is 0 Å². The second kappa shape index (κ2) is 12.5. The average molecular weight is 603 g/mol. The number of carbonyl (C=O) groups excluding carboxylic acids is 2. The summed E-state index contributed by atoms with van der Waals surface area (Å²) >= 11 is 4.59. The van der Waals surface area contributed by atoms with E-state index in [9.17, 15) is 9.59 Å². The number of hydrogen-bond donors (Lipinski definition) is 0. The van der Waals surface area contributed by atoms with Gasteiger partial charge in [0.05, 0.1) is 16.0 Å². The zero-order valence-corrected chi connectivity index (χ0v) is 24.0. The van der Waals surface area contributed by atoms with Crippen molar-refractivity contribution in [2.75, 3.05) is 13.2 Å². The monoisotopic (exact) mass is 601 g/mol. The number of benzene rings is 4. The van der Waals surface area contributed by atoms with Gasteiger partial charge in [0.15, 0.2) is 11.5 Å². The number of thioether (sulfide) groups is 1. The van der Waals surface area contributed by atoms with Crippen molar-refractivity contribution in [3.63, 3.8) is 0 Å². The summed E-state index contributed by atoms with van der Waals surface area (Å²) in [6.07, 6.45) is 3.27. The number of nitrogens with zero attached hydrogens (tertiary/aromatic N) is 1. The Morgan fingerprint density at radius 3 is 2.44 bits per heavy atom. The van der Waals surface area contributed by atoms with Crippen molar-refractivity contribution in [1.29, 1.82) is 0 Å². The molecule has 4 aromatic carbocycles. The van der Waals surface area contributed by atoms with Gasteiger partial charge in [-0.05, 0) is 99.2 Å². The van der Waals surface area contributed by atoms with E-state index in [1.165, 1.54) is 15.8 Å². The second-order valence-electron chi connectivity index (χ2n) is 9.16. The largest absolute Gasteiger partial charge is 0.490 e. The molecule has 2 amide bonds. The topological polar surface area (TPSA) is 55.8 Å². The van der Waals surface area contributed by atoms with Gasteiger partial charge in [-0.25, -0.2) is 0 Å². The summed E-state index contributed by atoms with van der Waals surface area (Å²) < 4.78 is 12.8. The fourth-order valence-electron chi connectivity index (χ4n) is 4.49. The maximum Gasteiger partial charge on any atom is 0.293 e. The quantitative estimate of drug-likeness (QED) is 0.171. The molecule has 39 heavy (non-hydrogen) atoms. The standard InChI is InChI=1S/C32H28BrNO4S/c1-2-37-28-19-24(18-27(33)30(28)38-21-23-14-15-25-12-6-7-13-26(25)17-23)20-29-31(35)34(32(36)39-29)16-8-11-22-9-4-3-5-10-22/h3-7,9-10,12-15,17-20H,2,8,11,16,21H2,1H3/b29-20+. The van der Waals surface area contributed by atoms with Crippen LogP contribution in [0.25, 0.3) is 16.8 Å². The van der Waals surface area contributed by atoms with Crippen LogP contribution in [-0.4, -0.2) is 29.2 Å². The normalized spacial score (nSPS) is 14.4. The van der Waals surface area contributed by atoms with E-state index in [0.717, 1.165) is 41.1 Å². The van der Waals surface area contributed by atoms with E-state index in [2.05, 4.69) is 58.4 Å². The molecule has 0 aromatic heterocycles. The van der Waals surface area contributed by atoms with Crippen molar-refractivity contribution >= 4 is 55.7 Å². The Balaban J connectivity index is 1.29. The fourth-order valence-corrected chi connectivity index (χ4v) is 5.93. The van der Waals surface area contributed by atoms with Gasteiger partial charge in [-0.3, -0.25) is 14.5 Å². The number of rotatable bonds is 10. The molecule has 0 spiro atoms. The van der Waals surface area contributed by atoms with E-state index in [4.69, 9.17) is 9.47 Å². The number of fused-ring (bicyclic) bond motifs is 1. The van der Waals surface area contributed by atoms with E-state index in [0.29, 0.717) is 40.6 Å². The lowest BCUT2D eigenvalue weighted by Gasteiger charge is -2.15.